The molecule has 1 aliphatic carbocycles. The van der Waals surface area contributed by atoms with Crippen LogP contribution in [0.25, 0.3) is 0 Å². The number of nitrogens with two attached hydrogens (primary N) is 1. The van der Waals surface area contributed by atoms with Crippen LogP contribution >= 0.6 is 0 Å². The summed E-state index contributed by atoms with van der Waals surface area (Å²) in [6.45, 7) is 6.39. The Morgan fingerprint density at radius 3 is 2.59 bits per heavy atom. The molecule has 4 unspecified atom stereocenters. The quantitative estimate of drug-likeness (QED) is 0.859. The molecule has 0 aromatic carbocycles. The molecule has 3 aliphatic rings. The van der Waals surface area contributed by atoms with Gasteiger partial charge in [-0.25, -0.2) is 0 Å². The van der Waals surface area contributed by atoms with Gasteiger partial charge in [-0.2, -0.15) is 0 Å². The number of carbonyl (C=O) groups excluding carboxylic acids is 1. The van der Waals surface area contributed by atoms with E-state index in [2.05, 4.69) is 13.8 Å². The topological polar surface area (TPSA) is 64.8 Å². The summed E-state index contributed by atoms with van der Waals surface area (Å²) in [5.74, 6) is 0.205. The Kier molecular flexibility index (Phi) is 4.25. The Bertz CT molecular complexity index is 434. The highest BCUT2D eigenvalue weighted by molar-refractivity contribution is 5.89. The molecule has 3 rings (SSSR count). The first-order valence-corrected chi connectivity index (χ1v) is 8.66. The lowest BCUT2D eigenvalue weighted by molar-refractivity contribution is -0.230. The van der Waals surface area contributed by atoms with Crippen LogP contribution in [0.3, 0.4) is 0 Å². The first-order valence-electron chi connectivity index (χ1n) is 8.66. The number of ether oxygens (including phenoxy) is 2. The molecule has 2 N–H and O–H groups in total. The maximum Gasteiger partial charge on any atom is 0.243 e. The molecule has 2 heterocycles. The van der Waals surface area contributed by atoms with Gasteiger partial charge in [0.15, 0.2) is 0 Å². The van der Waals surface area contributed by atoms with Gasteiger partial charge in [-0.3, -0.25) is 4.79 Å². The Morgan fingerprint density at radius 1 is 1.18 bits per heavy atom. The average molecular weight is 310 g/mol. The summed E-state index contributed by atoms with van der Waals surface area (Å²) in [5.41, 5.74) is 5.56. The Labute approximate surface area is 133 Å². The fraction of sp³-hybridized carbons (Fsp3) is 0.941. The van der Waals surface area contributed by atoms with E-state index in [1.807, 2.05) is 7.05 Å². The molecule has 4 atom stereocenters. The molecular formula is C17H30N2O3. The molecule has 5 heteroatoms. The van der Waals surface area contributed by atoms with Crippen molar-refractivity contribution in [1.82, 2.24) is 4.90 Å². The van der Waals surface area contributed by atoms with Crippen molar-refractivity contribution >= 4 is 5.91 Å². The highest BCUT2D eigenvalue weighted by Crippen LogP contribution is 2.57. The third kappa shape index (κ3) is 2.29. The molecule has 1 amide bonds. The normalized spacial score (nSPS) is 40.5. The molecule has 1 saturated carbocycles. The van der Waals surface area contributed by atoms with Gasteiger partial charge in [0.2, 0.25) is 5.91 Å². The van der Waals surface area contributed by atoms with Gasteiger partial charge in [0.05, 0.1) is 12.2 Å². The van der Waals surface area contributed by atoms with E-state index in [9.17, 15) is 4.79 Å². The number of nitrogens with zero attached hydrogens (tertiary/aromatic N) is 1. The first kappa shape index (κ1) is 16.2. The van der Waals surface area contributed by atoms with E-state index >= 15 is 0 Å². The highest BCUT2D eigenvalue weighted by Gasteiger charge is 2.70. The van der Waals surface area contributed by atoms with Crippen LogP contribution < -0.4 is 5.73 Å². The minimum atomic E-state index is -0.804. The third-order valence-electron chi connectivity index (χ3n) is 6.14. The van der Waals surface area contributed by atoms with Gasteiger partial charge in [-0.1, -0.05) is 13.8 Å². The molecular weight excluding hydrogens is 280 g/mol. The number of likely N-dealkylation sites (N-methyl/N-ethyl adjacent to an activating group) is 1. The molecule has 2 saturated heterocycles. The van der Waals surface area contributed by atoms with E-state index in [0.29, 0.717) is 6.54 Å². The molecule has 126 valence electrons. The van der Waals surface area contributed by atoms with E-state index in [-0.39, 0.29) is 29.4 Å². The first-order chi connectivity index (χ1) is 10.4. The van der Waals surface area contributed by atoms with Crippen LogP contribution in [-0.4, -0.2) is 55.4 Å². The van der Waals surface area contributed by atoms with Crippen LogP contribution in [0.4, 0.5) is 0 Å². The molecule has 22 heavy (non-hydrogen) atoms. The van der Waals surface area contributed by atoms with Crippen LogP contribution in [0.5, 0.6) is 0 Å². The van der Waals surface area contributed by atoms with Crippen LogP contribution in [0.1, 0.15) is 46.0 Å². The number of amides is 1. The van der Waals surface area contributed by atoms with Gasteiger partial charge in [0, 0.05) is 38.1 Å². The van der Waals surface area contributed by atoms with Crippen molar-refractivity contribution < 1.29 is 14.3 Å². The lowest BCUT2D eigenvalue weighted by Gasteiger charge is -2.65. The molecule has 0 bridgehead atoms. The molecule has 0 aromatic rings. The zero-order valence-corrected chi connectivity index (χ0v) is 14.1. The van der Waals surface area contributed by atoms with E-state index in [4.69, 9.17) is 15.2 Å². The van der Waals surface area contributed by atoms with Crippen LogP contribution in [0, 0.1) is 11.3 Å². The van der Waals surface area contributed by atoms with Crippen molar-refractivity contribution in [3.8, 4) is 0 Å². The van der Waals surface area contributed by atoms with Crippen LogP contribution in [0.2, 0.25) is 0 Å². The van der Waals surface area contributed by atoms with Gasteiger partial charge >= 0.3 is 0 Å². The van der Waals surface area contributed by atoms with Gasteiger partial charge in [-0.05, 0) is 32.1 Å². The summed E-state index contributed by atoms with van der Waals surface area (Å²) < 4.78 is 11.7. The van der Waals surface area contributed by atoms with Gasteiger partial charge in [-0.15, -0.1) is 0 Å². The number of fused-ring (bicyclic) bond motifs is 1. The maximum atomic E-state index is 13.1. The van der Waals surface area contributed by atoms with Crippen molar-refractivity contribution in [3.05, 3.63) is 0 Å². The lowest BCUT2D eigenvalue weighted by atomic mass is 9.46. The fourth-order valence-corrected chi connectivity index (χ4v) is 4.67. The second kappa shape index (κ2) is 5.77. The summed E-state index contributed by atoms with van der Waals surface area (Å²) in [6.07, 6.45) is 5.62. The second-order valence-corrected chi connectivity index (χ2v) is 7.81. The minimum Gasteiger partial charge on any atom is -0.377 e. The molecule has 0 spiro atoms. The smallest absolute Gasteiger partial charge is 0.243 e. The summed E-state index contributed by atoms with van der Waals surface area (Å²) in [4.78, 5) is 14.9. The van der Waals surface area contributed by atoms with Crippen LogP contribution in [-0.2, 0) is 14.3 Å². The Hall–Kier alpha value is -0.650. The Morgan fingerprint density at radius 2 is 1.91 bits per heavy atom. The fourth-order valence-electron chi connectivity index (χ4n) is 4.67. The predicted molar refractivity (Wildman–Crippen MR) is 84.4 cm³/mol. The molecule has 5 nitrogen and oxygen atoms in total. The SMILES string of the molecule is CN(CC1CCCCO1)C(=O)C1(N)C2CCCOC2C1(C)C. The second-order valence-electron chi connectivity index (χ2n) is 7.81. The van der Waals surface area contributed by atoms with E-state index < -0.39 is 5.54 Å². The monoisotopic (exact) mass is 310 g/mol. The molecule has 2 aliphatic heterocycles. The largest absolute Gasteiger partial charge is 0.377 e. The average Bonchev–Trinajstić information content (AvgIpc) is 2.54. The standard InChI is InChI=1S/C17H30N2O3/c1-16(2)14-13(8-6-10-22-14)17(16,18)15(20)19(3)11-12-7-4-5-9-21-12/h12-14H,4-11,18H2,1-3H3. The number of hydrogen-bond acceptors (Lipinski definition) is 4. The van der Waals surface area contributed by atoms with E-state index in [1.165, 1.54) is 6.42 Å². The predicted octanol–water partition coefficient (Wildman–Crippen LogP) is 1.55. The summed E-state index contributed by atoms with van der Waals surface area (Å²) in [7, 11) is 1.86. The van der Waals surface area contributed by atoms with Gasteiger partial charge in [0.25, 0.3) is 0 Å². The van der Waals surface area contributed by atoms with Crippen molar-refractivity contribution in [2.75, 3.05) is 26.8 Å². The van der Waals surface area contributed by atoms with Crippen molar-refractivity contribution in [1.29, 1.82) is 0 Å². The lowest BCUT2D eigenvalue weighted by Crippen LogP contribution is -2.82. The van der Waals surface area contributed by atoms with E-state index in [0.717, 1.165) is 38.9 Å². The molecule has 0 radical (unpaired) electrons. The molecule has 3 fully saturated rings. The van der Waals surface area contributed by atoms with Crippen molar-refractivity contribution in [2.45, 2.75) is 63.7 Å². The van der Waals surface area contributed by atoms with Crippen LogP contribution in [0.15, 0.2) is 0 Å². The van der Waals surface area contributed by atoms with Crippen molar-refractivity contribution in [2.24, 2.45) is 17.1 Å². The number of hydrogen-bond donors (Lipinski definition) is 1. The van der Waals surface area contributed by atoms with E-state index in [1.54, 1.807) is 4.90 Å². The highest BCUT2D eigenvalue weighted by atomic mass is 16.5. The Balaban J connectivity index is 1.69. The van der Waals surface area contributed by atoms with Gasteiger partial charge in [0.1, 0.15) is 5.54 Å². The zero-order chi connectivity index (χ0) is 16.0. The third-order valence-corrected chi connectivity index (χ3v) is 6.14. The summed E-state index contributed by atoms with van der Waals surface area (Å²) in [5, 5.41) is 0. The number of rotatable bonds is 3. The van der Waals surface area contributed by atoms with Crippen molar-refractivity contribution in [3.63, 3.8) is 0 Å². The zero-order valence-electron chi connectivity index (χ0n) is 14.1. The summed E-state index contributed by atoms with van der Waals surface area (Å²) in [6, 6.07) is 0. The number of carbonyl (C=O) groups is 1. The van der Waals surface area contributed by atoms with Gasteiger partial charge < -0.3 is 20.1 Å². The minimum absolute atomic E-state index is 0.0541. The summed E-state index contributed by atoms with van der Waals surface area (Å²) >= 11 is 0. The molecule has 0 aromatic heterocycles. The maximum absolute atomic E-state index is 13.1.